The van der Waals surface area contributed by atoms with Crippen LogP contribution in [-0.2, 0) is 9.53 Å². The van der Waals surface area contributed by atoms with E-state index in [1.807, 2.05) is 0 Å². The number of hydrogen-bond acceptors (Lipinski definition) is 3. The third kappa shape index (κ3) is 5.83. The molecule has 2 N–H and O–H groups in total. The highest BCUT2D eigenvalue weighted by molar-refractivity contribution is 5.75. The molecule has 4 nitrogen and oxygen atoms in total. The minimum Gasteiger partial charge on any atom is -0.378 e. The summed E-state index contributed by atoms with van der Waals surface area (Å²) in [5.74, 6) is 0.722. The summed E-state index contributed by atoms with van der Waals surface area (Å²) < 4.78 is 5.73. The van der Waals surface area contributed by atoms with Gasteiger partial charge in [0, 0.05) is 32.2 Å². The molecule has 0 aliphatic carbocycles. The molecule has 1 saturated heterocycles. The summed E-state index contributed by atoms with van der Waals surface area (Å²) in [5, 5.41) is 6.37. The van der Waals surface area contributed by atoms with E-state index in [0.717, 1.165) is 39.0 Å². The number of amides is 1. The zero-order valence-corrected chi connectivity index (χ0v) is 12.0. The number of rotatable bonds is 7. The Morgan fingerprint density at radius 1 is 1.39 bits per heavy atom. The van der Waals surface area contributed by atoms with Crippen molar-refractivity contribution in [3.05, 3.63) is 0 Å². The van der Waals surface area contributed by atoms with E-state index in [-0.39, 0.29) is 5.91 Å². The van der Waals surface area contributed by atoms with Gasteiger partial charge < -0.3 is 15.4 Å². The molecule has 0 spiro atoms. The van der Waals surface area contributed by atoms with Gasteiger partial charge in [0.25, 0.3) is 0 Å². The minimum atomic E-state index is 0.150. The first-order valence-electron chi connectivity index (χ1n) is 7.25. The van der Waals surface area contributed by atoms with Crippen LogP contribution >= 0.6 is 0 Å². The first-order valence-corrected chi connectivity index (χ1v) is 7.25. The lowest BCUT2D eigenvalue weighted by atomic mass is 9.95. The van der Waals surface area contributed by atoms with Crippen molar-refractivity contribution in [1.29, 1.82) is 0 Å². The van der Waals surface area contributed by atoms with Crippen LogP contribution in [0.3, 0.4) is 0 Å². The SMILES string of the molecule is CCCNC(=O)CCNC1CCOC(C(C)C)C1. The van der Waals surface area contributed by atoms with Crippen LogP contribution < -0.4 is 10.6 Å². The molecule has 18 heavy (non-hydrogen) atoms. The Morgan fingerprint density at radius 3 is 2.83 bits per heavy atom. The maximum atomic E-state index is 11.4. The van der Waals surface area contributed by atoms with E-state index >= 15 is 0 Å². The average molecular weight is 256 g/mol. The van der Waals surface area contributed by atoms with Gasteiger partial charge in [-0.1, -0.05) is 20.8 Å². The largest absolute Gasteiger partial charge is 0.378 e. The Morgan fingerprint density at radius 2 is 2.17 bits per heavy atom. The molecular formula is C14H28N2O2. The summed E-state index contributed by atoms with van der Waals surface area (Å²) in [6.45, 7) is 8.85. The molecule has 1 rings (SSSR count). The molecule has 1 fully saturated rings. The predicted octanol–water partition coefficient (Wildman–Crippen LogP) is 1.70. The smallest absolute Gasteiger partial charge is 0.221 e. The van der Waals surface area contributed by atoms with E-state index in [1.54, 1.807) is 0 Å². The summed E-state index contributed by atoms with van der Waals surface area (Å²) in [7, 11) is 0. The summed E-state index contributed by atoms with van der Waals surface area (Å²) in [6, 6.07) is 0.505. The van der Waals surface area contributed by atoms with Gasteiger partial charge in [0.05, 0.1) is 6.10 Å². The lowest BCUT2D eigenvalue weighted by molar-refractivity contribution is -0.121. The highest BCUT2D eigenvalue weighted by Crippen LogP contribution is 2.19. The predicted molar refractivity (Wildman–Crippen MR) is 73.5 cm³/mol. The van der Waals surface area contributed by atoms with Gasteiger partial charge >= 0.3 is 0 Å². The fraction of sp³-hybridized carbons (Fsp3) is 0.929. The molecule has 106 valence electrons. The molecule has 0 aromatic rings. The summed E-state index contributed by atoms with van der Waals surface area (Å²) in [4.78, 5) is 11.4. The van der Waals surface area contributed by atoms with Gasteiger partial charge in [-0.25, -0.2) is 0 Å². The van der Waals surface area contributed by atoms with Crippen LogP contribution in [0.25, 0.3) is 0 Å². The summed E-state index contributed by atoms with van der Waals surface area (Å²) in [5.41, 5.74) is 0. The molecule has 1 amide bonds. The maximum absolute atomic E-state index is 11.4. The first-order chi connectivity index (χ1) is 8.63. The summed E-state index contributed by atoms with van der Waals surface area (Å²) >= 11 is 0. The minimum absolute atomic E-state index is 0.150. The molecule has 1 aliphatic rings. The third-order valence-corrected chi connectivity index (χ3v) is 3.42. The van der Waals surface area contributed by atoms with Gasteiger partial charge in [0.2, 0.25) is 5.91 Å². The van der Waals surface area contributed by atoms with Crippen molar-refractivity contribution in [3.8, 4) is 0 Å². The van der Waals surface area contributed by atoms with Crippen LogP contribution in [-0.4, -0.2) is 37.7 Å². The number of hydrogen-bond donors (Lipinski definition) is 2. The molecule has 0 aromatic heterocycles. The lowest BCUT2D eigenvalue weighted by Crippen LogP contribution is -2.42. The van der Waals surface area contributed by atoms with Crippen molar-refractivity contribution in [2.45, 2.75) is 58.6 Å². The Labute approximate surface area is 111 Å². The van der Waals surface area contributed by atoms with Crippen LogP contribution in [0, 0.1) is 5.92 Å². The number of ether oxygens (including phenoxy) is 1. The fourth-order valence-electron chi connectivity index (χ4n) is 2.22. The van der Waals surface area contributed by atoms with Gasteiger partial charge in [0.15, 0.2) is 0 Å². The molecule has 2 unspecified atom stereocenters. The monoisotopic (exact) mass is 256 g/mol. The van der Waals surface area contributed by atoms with Gasteiger partial charge in [-0.3, -0.25) is 4.79 Å². The highest BCUT2D eigenvalue weighted by Gasteiger charge is 2.24. The van der Waals surface area contributed by atoms with Gasteiger partial charge in [-0.15, -0.1) is 0 Å². The highest BCUT2D eigenvalue weighted by atomic mass is 16.5. The Bertz CT molecular complexity index is 244. The van der Waals surface area contributed by atoms with Crippen LogP contribution in [0.2, 0.25) is 0 Å². The van der Waals surface area contributed by atoms with Crippen molar-refractivity contribution >= 4 is 5.91 Å². The van der Waals surface area contributed by atoms with Crippen molar-refractivity contribution in [3.63, 3.8) is 0 Å². The number of carbonyl (C=O) groups is 1. The van der Waals surface area contributed by atoms with Crippen LogP contribution in [0.5, 0.6) is 0 Å². The van der Waals surface area contributed by atoms with Gasteiger partial charge in [0.1, 0.15) is 0 Å². The lowest BCUT2D eigenvalue weighted by Gasteiger charge is -2.32. The zero-order chi connectivity index (χ0) is 13.4. The van der Waals surface area contributed by atoms with E-state index < -0.39 is 0 Å². The normalized spacial score (nSPS) is 24.2. The first kappa shape index (κ1) is 15.4. The van der Waals surface area contributed by atoms with Crippen molar-refractivity contribution in [1.82, 2.24) is 10.6 Å². The van der Waals surface area contributed by atoms with E-state index in [9.17, 15) is 4.79 Å². The fourth-order valence-corrected chi connectivity index (χ4v) is 2.22. The molecule has 2 atom stereocenters. The Balaban J connectivity index is 2.13. The number of carbonyl (C=O) groups excluding carboxylic acids is 1. The standard InChI is InChI=1S/C14H28N2O2/c1-4-7-16-14(17)5-8-15-12-6-9-18-13(10-12)11(2)3/h11-13,15H,4-10H2,1-3H3,(H,16,17). The molecule has 0 bridgehead atoms. The summed E-state index contributed by atoms with van der Waals surface area (Å²) in [6.07, 6.45) is 4.05. The Kier molecular flexibility index (Phi) is 7.28. The van der Waals surface area contributed by atoms with E-state index in [2.05, 4.69) is 31.4 Å². The topological polar surface area (TPSA) is 50.4 Å². The third-order valence-electron chi connectivity index (χ3n) is 3.42. The van der Waals surface area contributed by atoms with Gasteiger partial charge in [-0.2, -0.15) is 0 Å². The van der Waals surface area contributed by atoms with Crippen LogP contribution in [0.1, 0.15) is 46.5 Å². The molecule has 0 saturated carbocycles. The second kappa shape index (κ2) is 8.48. The molecule has 0 radical (unpaired) electrons. The van der Waals surface area contributed by atoms with Crippen LogP contribution in [0.4, 0.5) is 0 Å². The second-order valence-electron chi connectivity index (χ2n) is 5.43. The van der Waals surface area contributed by atoms with E-state index in [1.165, 1.54) is 0 Å². The van der Waals surface area contributed by atoms with E-state index in [0.29, 0.717) is 24.5 Å². The molecule has 1 heterocycles. The molecule has 0 aromatic carbocycles. The van der Waals surface area contributed by atoms with Crippen molar-refractivity contribution in [2.75, 3.05) is 19.7 Å². The second-order valence-corrected chi connectivity index (χ2v) is 5.43. The quantitative estimate of drug-likeness (QED) is 0.729. The van der Waals surface area contributed by atoms with E-state index in [4.69, 9.17) is 4.74 Å². The van der Waals surface area contributed by atoms with Gasteiger partial charge in [-0.05, 0) is 25.2 Å². The molecule has 4 heteroatoms. The maximum Gasteiger partial charge on any atom is 0.221 e. The van der Waals surface area contributed by atoms with Crippen LogP contribution in [0.15, 0.2) is 0 Å². The number of nitrogens with one attached hydrogen (secondary N) is 2. The van der Waals surface area contributed by atoms with Crippen molar-refractivity contribution in [2.24, 2.45) is 5.92 Å². The zero-order valence-electron chi connectivity index (χ0n) is 12.0. The average Bonchev–Trinajstić information content (AvgIpc) is 2.36. The Hall–Kier alpha value is -0.610. The molecular weight excluding hydrogens is 228 g/mol. The van der Waals surface area contributed by atoms with Crippen molar-refractivity contribution < 1.29 is 9.53 Å². The molecule has 1 aliphatic heterocycles.